The topological polar surface area (TPSA) is 60.8 Å². The summed E-state index contributed by atoms with van der Waals surface area (Å²) in [5.41, 5.74) is 0.943. The van der Waals surface area contributed by atoms with Gasteiger partial charge in [0, 0.05) is 13.1 Å². The molecule has 0 heterocycles. The first-order valence-corrected chi connectivity index (χ1v) is 5.76. The number of benzene rings is 1. The van der Waals surface area contributed by atoms with Gasteiger partial charge in [-0.05, 0) is 12.5 Å². The van der Waals surface area contributed by atoms with Gasteiger partial charge in [0.15, 0.2) is 0 Å². The van der Waals surface area contributed by atoms with E-state index in [1.807, 2.05) is 37.3 Å². The average molecular weight is 237 g/mol. The minimum atomic E-state index is -0.255. The maximum Gasteiger partial charge on any atom is 0.229 e. The molecule has 1 amide bonds. The summed E-state index contributed by atoms with van der Waals surface area (Å²) in [6.07, 6.45) is 0. The van der Waals surface area contributed by atoms with E-state index in [2.05, 4.69) is 0 Å². The number of carbonyl (C=O) groups is 1. The second-order valence-electron chi connectivity index (χ2n) is 3.90. The quantitative estimate of drug-likeness (QED) is 0.762. The number of rotatable bonds is 6. The number of hydrogen-bond donors (Lipinski definition) is 2. The molecule has 2 N–H and O–H groups in total. The van der Waals surface area contributed by atoms with Gasteiger partial charge in [-0.25, -0.2) is 0 Å². The fourth-order valence-corrected chi connectivity index (χ4v) is 1.73. The number of carbonyl (C=O) groups excluding carboxylic acids is 1. The van der Waals surface area contributed by atoms with Gasteiger partial charge in [0.1, 0.15) is 0 Å². The smallest absolute Gasteiger partial charge is 0.229 e. The molecule has 1 rings (SSSR count). The van der Waals surface area contributed by atoms with E-state index in [-0.39, 0.29) is 38.1 Å². The number of aliphatic hydroxyl groups is 2. The van der Waals surface area contributed by atoms with Crippen LogP contribution in [-0.2, 0) is 4.79 Å². The average Bonchev–Trinajstić information content (AvgIpc) is 2.38. The fourth-order valence-electron chi connectivity index (χ4n) is 1.73. The van der Waals surface area contributed by atoms with Gasteiger partial charge in [0.05, 0.1) is 19.1 Å². The molecule has 0 saturated carbocycles. The Bertz CT molecular complexity index is 334. The Morgan fingerprint density at radius 3 is 2.18 bits per heavy atom. The van der Waals surface area contributed by atoms with E-state index >= 15 is 0 Å². The van der Waals surface area contributed by atoms with Crippen LogP contribution in [0.2, 0.25) is 0 Å². The summed E-state index contributed by atoms with van der Waals surface area (Å²) >= 11 is 0. The van der Waals surface area contributed by atoms with Crippen molar-refractivity contribution in [2.24, 2.45) is 0 Å². The van der Waals surface area contributed by atoms with Crippen LogP contribution in [0.3, 0.4) is 0 Å². The molecule has 1 atom stereocenters. The summed E-state index contributed by atoms with van der Waals surface area (Å²) < 4.78 is 0. The van der Waals surface area contributed by atoms with Gasteiger partial charge in [-0.3, -0.25) is 4.79 Å². The van der Waals surface area contributed by atoms with Crippen LogP contribution >= 0.6 is 0 Å². The van der Waals surface area contributed by atoms with Crippen molar-refractivity contribution in [3.63, 3.8) is 0 Å². The maximum absolute atomic E-state index is 12.1. The highest BCUT2D eigenvalue weighted by Gasteiger charge is 2.20. The van der Waals surface area contributed by atoms with Crippen LogP contribution in [0.5, 0.6) is 0 Å². The van der Waals surface area contributed by atoms with Gasteiger partial charge < -0.3 is 15.1 Å². The lowest BCUT2D eigenvalue weighted by molar-refractivity contribution is -0.133. The molecule has 17 heavy (non-hydrogen) atoms. The second kappa shape index (κ2) is 7.04. The van der Waals surface area contributed by atoms with Crippen molar-refractivity contribution >= 4 is 5.91 Å². The van der Waals surface area contributed by atoms with E-state index in [4.69, 9.17) is 10.2 Å². The first kappa shape index (κ1) is 13.7. The first-order valence-electron chi connectivity index (χ1n) is 5.76. The lowest BCUT2D eigenvalue weighted by atomic mass is 10.00. The van der Waals surface area contributed by atoms with E-state index in [1.54, 1.807) is 0 Å². The standard InChI is InChI=1S/C13H19NO3/c1-11(12-5-3-2-4-6-12)13(17)14(7-9-15)8-10-16/h2-6,11,15-16H,7-10H2,1H3. The van der Waals surface area contributed by atoms with E-state index in [9.17, 15) is 4.79 Å². The van der Waals surface area contributed by atoms with Crippen LogP contribution < -0.4 is 0 Å². The molecule has 1 aromatic carbocycles. The van der Waals surface area contributed by atoms with Crippen molar-refractivity contribution in [3.8, 4) is 0 Å². The van der Waals surface area contributed by atoms with E-state index in [0.717, 1.165) is 5.56 Å². The number of aliphatic hydroxyl groups excluding tert-OH is 2. The molecule has 0 fully saturated rings. The summed E-state index contributed by atoms with van der Waals surface area (Å²) in [5, 5.41) is 17.8. The van der Waals surface area contributed by atoms with E-state index < -0.39 is 0 Å². The van der Waals surface area contributed by atoms with Crippen LogP contribution in [0.15, 0.2) is 30.3 Å². The van der Waals surface area contributed by atoms with E-state index in [0.29, 0.717) is 0 Å². The Hall–Kier alpha value is -1.39. The summed E-state index contributed by atoms with van der Waals surface area (Å²) in [5.74, 6) is -0.325. The van der Waals surface area contributed by atoms with Crippen LogP contribution in [-0.4, -0.2) is 47.3 Å². The van der Waals surface area contributed by atoms with Crippen molar-refractivity contribution in [1.82, 2.24) is 4.90 Å². The Morgan fingerprint density at radius 2 is 1.71 bits per heavy atom. The van der Waals surface area contributed by atoms with Crippen LogP contribution in [0.4, 0.5) is 0 Å². The first-order chi connectivity index (χ1) is 8.20. The maximum atomic E-state index is 12.1. The zero-order valence-corrected chi connectivity index (χ0v) is 10.0. The molecule has 0 aliphatic heterocycles. The zero-order chi connectivity index (χ0) is 12.7. The van der Waals surface area contributed by atoms with Crippen molar-refractivity contribution in [2.45, 2.75) is 12.8 Å². The van der Waals surface area contributed by atoms with E-state index in [1.165, 1.54) is 4.90 Å². The zero-order valence-electron chi connectivity index (χ0n) is 10.0. The summed E-state index contributed by atoms with van der Waals surface area (Å²) in [7, 11) is 0. The third-order valence-corrected chi connectivity index (χ3v) is 2.72. The second-order valence-corrected chi connectivity index (χ2v) is 3.90. The predicted octanol–water partition coefficient (Wildman–Crippen LogP) is 0.603. The Kier molecular flexibility index (Phi) is 5.66. The monoisotopic (exact) mass is 237 g/mol. The van der Waals surface area contributed by atoms with Gasteiger partial charge in [-0.1, -0.05) is 30.3 Å². The molecule has 0 aromatic heterocycles. The third kappa shape index (κ3) is 3.84. The number of amides is 1. The van der Waals surface area contributed by atoms with Gasteiger partial charge in [0.25, 0.3) is 0 Å². The van der Waals surface area contributed by atoms with Crippen LogP contribution in [0, 0.1) is 0 Å². The predicted molar refractivity (Wildman–Crippen MR) is 65.6 cm³/mol. The lowest BCUT2D eigenvalue weighted by Gasteiger charge is -2.24. The third-order valence-electron chi connectivity index (χ3n) is 2.72. The number of nitrogens with zero attached hydrogens (tertiary/aromatic N) is 1. The molecule has 0 radical (unpaired) electrons. The van der Waals surface area contributed by atoms with Crippen molar-refractivity contribution in [3.05, 3.63) is 35.9 Å². The lowest BCUT2D eigenvalue weighted by Crippen LogP contribution is -2.38. The molecular formula is C13H19NO3. The summed E-state index contributed by atoms with van der Waals surface area (Å²) in [4.78, 5) is 13.6. The van der Waals surface area contributed by atoms with Crippen LogP contribution in [0.25, 0.3) is 0 Å². The molecule has 4 heteroatoms. The van der Waals surface area contributed by atoms with Crippen LogP contribution in [0.1, 0.15) is 18.4 Å². The molecule has 94 valence electrons. The summed E-state index contributed by atoms with van der Waals surface area (Å²) in [6.45, 7) is 2.17. The molecule has 0 aliphatic carbocycles. The fraction of sp³-hybridized carbons (Fsp3) is 0.462. The van der Waals surface area contributed by atoms with Gasteiger partial charge in [0.2, 0.25) is 5.91 Å². The minimum absolute atomic E-state index is 0.0701. The minimum Gasteiger partial charge on any atom is -0.395 e. The molecule has 0 aliphatic rings. The van der Waals surface area contributed by atoms with Crippen molar-refractivity contribution in [2.75, 3.05) is 26.3 Å². The van der Waals surface area contributed by atoms with Gasteiger partial charge in [-0.2, -0.15) is 0 Å². The van der Waals surface area contributed by atoms with Crippen molar-refractivity contribution < 1.29 is 15.0 Å². The normalized spacial score (nSPS) is 12.2. The largest absolute Gasteiger partial charge is 0.395 e. The molecule has 4 nitrogen and oxygen atoms in total. The molecular weight excluding hydrogens is 218 g/mol. The highest BCUT2D eigenvalue weighted by Crippen LogP contribution is 2.17. The SMILES string of the molecule is CC(C(=O)N(CCO)CCO)c1ccccc1. The Balaban J connectivity index is 2.73. The highest BCUT2D eigenvalue weighted by molar-refractivity contribution is 5.83. The van der Waals surface area contributed by atoms with Gasteiger partial charge in [-0.15, -0.1) is 0 Å². The number of hydrogen-bond acceptors (Lipinski definition) is 3. The molecule has 0 spiro atoms. The highest BCUT2D eigenvalue weighted by atomic mass is 16.3. The molecule has 0 saturated heterocycles. The Labute approximate surface area is 101 Å². The summed E-state index contributed by atoms with van der Waals surface area (Å²) in [6, 6.07) is 9.49. The molecule has 1 unspecified atom stereocenters. The Morgan fingerprint density at radius 1 is 1.18 bits per heavy atom. The molecule has 0 bridgehead atoms. The van der Waals surface area contributed by atoms with Gasteiger partial charge >= 0.3 is 0 Å². The van der Waals surface area contributed by atoms with Crippen molar-refractivity contribution in [1.29, 1.82) is 0 Å². The molecule has 1 aromatic rings.